The number of rotatable bonds is 3. The highest BCUT2D eigenvalue weighted by atomic mass is 16.3. The molecule has 92 valence electrons. The van der Waals surface area contributed by atoms with Gasteiger partial charge in [-0.1, -0.05) is 12.1 Å². The molecule has 1 aromatic heterocycles. The molecule has 0 aliphatic heterocycles. The fraction of sp³-hybridized carbons (Fsp3) is 0.143. The summed E-state index contributed by atoms with van der Waals surface area (Å²) < 4.78 is 0. The van der Waals surface area contributed by atoms with E-state index in [4.69, 9.17) is 5.11 Å². The van der Waals surface area contributed by atoms with Crippen molar-refractivity contribution < 1.29 is 9.90 Å². The van der Waals surface area contributed by atoms with E-state index in [-0.39, 0.29) is 11.7 Å². The number of hydrogen-bond acceptors (Lipinski definition) is 3. The number of carbonyl (C=O) groups excluding carboxylic acids is 1. The van der Waals surface area contributed by atoms with Crippen LogP contribution in [-0.2, 0) is 6.54 Å². The van der Waals surface area contributed by atoms with Crippen LogP contribution >= 0.6 is 0 Å². The highest BCUT2D eigenvalue weighted by Crippen LogP contribution is 2.10. The highest BCUT2D eigenvalue weighted by molar-refractivity contribution is 5.95. The molecule has 0 fully saturated rings. The lowest BCUT2D eigenvalue weighted by Gasteiger charge is -2.07. The average Bonchev–Trinajstić information content (AvgIpc) is 2.38. The summed E-state index contributed by atoms with van der Waals surface area (Å²) in [6.07, 6.45) is 1.66. The zero-order valence-corrected chi connectivity index (χ0v) is 10.1. The van der Waals surface area contributed by atoms with Gasteiger partial charge in [0.1, 0.15) is 5.75 Å². The van der Waals surface area contributed by atoms with Crippen molar-refractivity contribution in [3.63, 3.8) is 0 Å². The lowest BCUT2D eigenvalue weighted by molar-refractivity contribution is 0.0950. The number of amides is 1. The van der Waals surface area contributed by atoms with Crippen LogP contribution in [0, 0.1) is 6.92 Å². The third kappa shape index (κ3) is 2.85. The number of hydrogen-bond donors (Lipinski definition) is 2. The predicted octanol–water partition coefficient (Wildman–Crippen LogP) is 2.03. The number of nitrogens with one attached hydrogen (secondary N) is 1. The lowest BCUT2D eigenvalue weighted by Crippen LogP contribution is -2.23. The first-order chi connectivity index (χ1) is 8.66. The van der Waals surface area contributed by atoms with E-state index in [2.05, 4.69) is 10.3 Å². The van der Waals surface area contributed by atoms with E-state index in [0.717, 1.165) is 5.56 Å². The number of aromatic nitrogens is 1. The number of benzene rings is 1. The van der Waals surface area contributed by atoms with Crippen LogP contribution in [0.1, 0.15) is 21.6 Å². The molecular weight excluding hydrogens is 228 g/mol. The molecule has 1 amide bonds. The number of pyridine rings is 1. The summed E-state index contributed by atoms with van der Waals surface area (Å²) in [7, 11) is 0. The second-order valence-electron chi connectivity index (χ2n) is 3.99. The first kappa shape index (κ1) is 12.1. The summed E-state index contributed by atoms with van der Waals surface area (Å²) >= 11 is 0. The van der Waals surface area contributed by atoms with Crippen LogP contribution in [0.25, 0.3) is 0 Å². The first-order valence-corrected chi connectivity index (χ1v) is 5.64. The molecule has 0 radical (unpaired) electrons. The Morgan fingerprint density at radius 3 is 2.67 bits per heavy atom. The second-order valence-corrected chi connectivity index (χ2v) is 3.99. The lowest BCUT2D eigenvalue weighted by atomic mass is 10.1. The van der Waals surface area contributed by atoms with Gasteiger partial charge < -0.3 is 10.4 Å². The normalized spacial score (nSPS) is 10.1. The maximum atomic E-state index is 11.9. The van der Waals surface area contributed by atoms with E-state index in [1.807, 2.05) is 0 Å². The Hall–Kier alpha value is -2.36. The minimum atomic E-state index is -0.145. The van der Waals surface area contributed by atoms with Gasteiger partial charge in [0.25, 0.3) is 5.91 Å². The van der Waals surface area contributed by atoms with Crippen LogP contribution in [-0.4, -0.2) is 16.0 Å². The number of aryl methyl sites for hydroxylation is 1. The van der Waals surface area contributed by atoms with Gasteiger partial charge in [-0.05, 0) is 36.8 Å². The van der Waals surface area contributed by atoms with Crippen LogP contribution in [0.4, 0.5) is 0 Å². The van der Waals surface area contributed by atoms with Gasteiger partial charge in [-0.2, -0.15) is 0 Å². The molecule has 2 rings (SSSR count). The quantitative estimate of drug-likeness (QED) is 0.865. The van der Waals surface area contributed by atoms with Gasteiger partial charge in [-0.15, -0.1) is 0 Å². The molecule has 18 heavy (non-hydrogen) atoms. The van der Waals surface area contributed by atoms with Crippen LogP contribution in [0.5, 0.6) is 5.75 Å². The molecule has 0 unspecified atom stereocenters. The van der Waals surface area contributed by atoms with Crippen molar-refractivity contribution in [2.75, 3.05) is 0 Å². The standard InChI is InChI=1S/C14H14N2O2/c1-10-13(3-2-8-15-10)14(18)16-9-11-4-6-12(17)7-5-11/h2-8,17H,9H2,1H3,(H,16,18). The maximum absolute atomic E-state index is 11.9. The summed E-state index contributed by atoms with van der Waals surface area (Å²) in [5, 5.41) is 12.0. The number of phenolic OH excluding ortho intramolecular Hbond substituents is 1. The van der Waals surface area contributed by atoms with Gasteiger partial charge in [-0.25, -0.2) is 0 Å². The molecule has 4 nitrogen and oxygen atoms in total. The van der Waals surface area contributed by atoms with Crippen molar-refractivity contribution in [1.82, 2.24) is 10.3 Å². The summed E-state index contributed by atoms with van der Waals surface area (Å²) in [5.74, 6) is 0.0712. The third-order valence-electron chi connectivity index (χ3n) is 2.64. The Labute approximate surface area is 105 Å². The molecule has 0 atom stereocenters. The zero-order valence-electron chi connectivity index (χ0n) is 10.1. The van der Waals surface area contributed by atoms with E-state index in [1.54, 1.807) is 49.5 Å². The molecule has 0 aliphatic carbocycles. The van der Waals surface area contributed by atoms with Crippen molar-refractivity contribution in [3.05, 3.63) is 59.4 Å². The smallest absolute Gasteiger partial charge is 0.253 e. The van der Waals surface area contributed by atoms with Gasteiger partial charge >= 0.3 is 0 Å². The van der Waals surface area contributed by atoms with E-state index >= 15 is 0 Å². The van der Waals surface area contributed by atoms with Crippen molar-refractivity contribution >= 4 is 5.91 Å². The molecule has 1 aromatic carbocycles. The van der Waals surface area contributed by atoms with E-state index < -0.39 is 0 Å². The third-order valence-corrected chi connectivity index (χ3v) is 2.64. The fourth-order valence-electron chi connectivity index (χ4n) is 1.62. The molecule has 0 bridgehead atoms. The second kappa shape index (κ2) is 5.31. The van der Waals surface area contributed by atoms with Crippen molar-refractivity contribution in [2.24, 2.45) is 0 Å². The topological polar surface area (TPSA) is 62.2 Å². The first-order valence-electron chi connectivity index (χ1n) is 5.64. The van der Waals surface area contributed by atoms with Crippen molar-refractivity contribution in [3.8, 4) is 5.75 Å². The van der Waals surface area contributed by atoms with Crippen LogP contribution < -0.4 is 5.32 Å². The Balaban J connectivity index is 2.01. The van der Waals surface area contributed by atoms with Gasteiger partial charge in [0.05, 0.1) is 5.56 Å². The van der Waals surface area contributed by atoms with E-state index in [0.29, 0.717) is 17.8 Å². The van der Waals surface area contributed by atoms with Gasteiger partial charge in [0, 0.05) is 18.4 Å². The Morgan fingerprint density at radius 2 is 2.00 bits per heavy atom. The molecule has 0 spiro atoms. The number of aromatic hydroxyl groups is 1. The zero-order chi connectivity index (χ0) is 13.0. The summed E-state index contributed by atoms with van der Waals surface area (Å²) in [5.41, 5.74) is 2.22. The molecule has 4 heteroatoms. The summed E-state index contributed by atoms with van der Waals surface area (Å²) in [4.78, 5) is 16.0. The molecule has 0 aliphatic rings. The SMILES string of the molecule is Cc1ncccc1C(=O)NCc1ccc(O)cc1. The molecule has 2 N–H and O–H groups in total. The van der Waals surface area contributed by atoms with Crippen LogP contribution in [0.3, 0.4) is 0 Å². The van der Waals surface area contributed by atoms with Gasteiger partial charge in [0.15, 0.2) is 0 Å². The maximum Gasteiger partial charge on any atom is 0.253 e. The van der Waals surface area contributed by atoms with Crippen LogP contribution in [0.2, 0.25) is 0 Å². The average molecular weight is 242 g/mol. The highest BCUT2D eigenvalue weighted by Gasteiger charge is 2.08. The van der Waals surface area contributed by atoms with Crippen molar-refractivity contribution in [1.29, 1.82) is 0 Å². The molecule has 1 heterocycles. The predicted molar refractivity (Wildman–Crippen MR) is 68.3 cm³/mol. The van der Waals surface area contributed by atoms with E-state index in [9.17, 15) is 4.79 Å². The van der Waals surface area contributed by atoms with Gasteiger partial charge in [-0.3, -0.25) is 9.78 Å². The van der Waals surface area contributed by atoms with Crippen molar-refractivity contribution in [2.45, 2.75) is 13.5 Å². The minimum absolute atomic E-state index is 0.145. The summed E-state index contributed by atoms with van der Waals surface area (Å²) in [6, 6.07) is 10.2. The van der Waals surface area contributed by atoms with Crippen LogP contribution in [0.15, 0.2) is 42.6 Å². The molecule has 2 aromatic rings. The molecule has 0 saturated carbocycles. The number of phenols is 1. The number of carbonyl (C=O) groups is 1. The Morgan fingerprint density at radius 1 is 1.28 bits per heavy atom. The Kier molecular flexibility index (Phi) is 3.57. The fourth-order valence-corrected chi connectivity index (χ4v) is 1.62. The largest absolute Gasteiger partial charge is 0.508 e. The minimum Gasteiger partial charge on any atom is -0.508 e. The molecular formula is C14H14N2O2. The van der Waals surface area contributed by atoms with Gasteiger partial charge in [0.2, 0.25) is 0 Å². The van der Waals surface area contributed by atoms with E-state index in [1.165, 1.54) is 0 Å². The monoisotopic (exact) mass is 242 g/mol. The molecule has 0 saturated heterocycles. The number of nitrogens with zero attached hydrogens (tertiary/aromatic N) is 1. The summed E-state index contributed by atoms with van der Waals surface area (Å²) in [6.45, 7) is 2.23. The Bertz CT molecular complexity index is 550.